The Balaban J connectivity index is 1.64. The minimum atomic E-state index is -0.0788. The van der Waals surface area contributed by atoms with Gasteiger partial charge in [0.05, 0.1) is 31.6 Å². The summed E-state index contributed by atoms with van der Waals surface area (Å²) in [4.78, 5) is 22.8. The van der Waals surface area contributed by atoms with Crippen LogP contribution >= 0.6 is 11.3 Å². The van der Waals surface area contributed by atoms with Gasteiger partial charge in [0, 0.05) is 31.7 Å². The quantitative estimate of drug-likeness (QED) is 0.387. The molecule has 3 aromatic rings. The number of unbranched alkanes of at least 4 members (excludes halogenated alkanes) is 1. The van der Waals surface area contributed by atoms with E-state index >= 15 is 0 Å². The molecule has 8 heteroatoms. The number of hydrogen-bond donors (Lipinski definition) is 0. The average molecular weight is 484 g/mol. The van der Waals surface area contributed by atoms with Crippen molar-refractivity contribution in [1.82, 2.24) is 9.88 Å². The Bertz CT molecular complexity index is 1110. The van der Waals surface area contributed by atoms with Crippen LogP contribution in [-0.4, -0.2) is 68.9 Å². The molecule has 2 heterocycles. The van der Waals surface area contributed by atoms with Crippen LogP contribution in [0.15, 0.2) is 36.4 Å². The topological polar surface area (TPSA) is 64.1 Å². The Hall–Kier alpha value is -2.68. The Morgan fingerprint density at radius 1 is 1.24 bits per heavy atom. The molecule has 1 aliphatic heterocycles. The summed E-state index contributed by atoms with van der Waals surface area (Å²) in [5.41, 5.74) is 2.51. The van der Waals surface area contributed by atoms with E-state index in [1.54, 1.807) is 12.0 Å². The van der Waals surface area contributed by atoms with E-state index in [1.165, 1.54) is 11.3 Å². The molecule has 1 amide bonds. The van der Waals surface area contributed by atoms with E-state index in [1.807, 2.05) is 36.4 Å². The van der Waals surface area contributed by atoms with Gasteiger partial charge in [-0.1, -0.05) is 36.8 Å². The van der Waals surface area contributed by atoms with E-state index in [9.17, 15) is 4.79 Å². The van der Waals surface area contributed by atoms with Gasteiger partial charge in [-0.25, -0.2) is 4.98 Å². The lowest BCUT2D eigenvalue weighted by atomic mass is 10.2. The van der Waals surface area contributed by atoms with Crippen LogP contribution in [0.5, 0.6) is 11.5 Å². The zero-order valence-corrected chi connectivity index (χ0v) is 21.0. The summed E-state index contributed by atoms with van der Waals surface area (Å²) in [6, 6.07) is 11.4. The number of methoxy groups -OCH3 is 1. The molecule has 34 heavy (non-hydrogen) atoms. The lowest BCUT2D eigenvalue weighted by molar-refractivity contribution is 0.0391. The fourth-order valence-electron chi connectivity index (χ4n) is 3.94. The maximum atomic E-state index is 13.8. The molecule has 1 aromatic heterocycles. The van der Waals surface area contributed by atoms with E-state index in [2.05, 4.69) is 18.7 Å². The van der Waals surface area contributed by atoms with Gasteiger partial charge in [0.2, 0.25) is 0 Å². The molecule has 1 fully saturated rings. The summed E-state index contributed by atoms with van der Waals surface area (Å²) in [6.45, 7) is 9.32. The van der Waals surface area contributed by atoms with Crippen molar-refractivity contribution in [3.63, 3.8) is 0 Å². The van der Waals surface area contributed by atoms with Gasteiger partial charge >= 0.3 is 0 Å². The van der Waals surface area contributed by atoms with Crippen molar-refractivity contribution in [3.8, 4) is 11.5 Å². The van der Waals surface area contributed by atoms with Crippen molar-refractivity contribution in [2.45, 2.75) is 26.7 Å². The maximum Gasteiger partial charge on any atom is 0.260 e. The van der Waals surface area contributed by atoms with Gasteiger partial charge in [0.25, 0.3) is 5.91 Å². The summed E-state index contributed by atoms with van der Waals surface area (Å²) in [5.74, 6) is 1.36. The van der Waals surface area contributed by atoms with Crippen LogP contribution in [0, 0.1) is 6.92 Å². The molecule has 1 aliphatic rings. The number of nitrogens with zero attached hydrogens (tertiary/aromatic N) is 3. The van der Waals surface area contributed by atoms with Crippen LogP contribution < -0.4 is 14.4 Å². The molecular weight excluding hydrogens is 450 g/mol. The van der Waals surface area contributed by atoms with E-state index in [-0.39, 0.29) is 5.91 Å². The second-order valence-corrected chi connectivity index (χ2v) is 9.38. The number of anilines is 1. The number of fused-ring (bicyclic) bond motifs is 1. The smallest absolute Gasteiger partial charge is 0.260 e. The molecule has 0 radical (unpaired) electrons. The van der Waals surface area contributed by atoms with E-state index in [0.29, 0.717) is 29.6 Å². The predicted molar refractivity (Wildman–Crippen MR) is 137 cm³/mol. The highest BCUT2D eigenvalue weighted by Gasteiger charge is 2.24. The number of hydrogen-bond acceptors (Lipinski definition) is 7. The predicted octanol–water partition coefficient (Wildman–Crippen LogP) is 4.77. The molecule has 0 spiro atoms. The highest BCUT2D eigenvalue weighted by Crippen LogP contribution is 2.37. The van der Waals surface area contributed by atoms with E-state index < -0.39 is 0 Å². The molecular formula is C26H33N3O4S. The number of morpholine rings is 1. The largest absolute Gasteiger partial charge is 0.494 e. The molecule has 4 rings (SSSR count). The summed E-state index contributed by atoms with van der Waals surface area (Å²) in [6.07, 6.45) is 2.05. The van der Waals surface area contributed by atoms with Crippen LogP contribution in [0.4, 0.5) is 5.13 Å². The van der Waals surface area contributed by atoms with Crippen molar-refractivity contribution in [2.24, 2.45) is 0 Å². The number of amides is 1. The first-order valence-corrected chi connectivity index (χ1v) is 12.7. The third-order valence-electron chi connectivity index (χ3n) is 5.98. The SMILES string of the molecule is CCCCOc1cccc(C(=O)N(CCN2CCOCC2)c2nc3c(OC)ccc(C)c3s2)c1. The average Bonchev–Trinajstić information content (AvgIpc) is 3.31. The Morgan fingerprint density at radius 3 is 2.82 bits per heavy atom. The maximum absolute atomic E-state index is 13.8. The second kappa shape index (κ2) is 11.6. The minimum Gasteiger partial charge on any atom is -0.494 e. The van der Waals surface area contributed by atoms with Crippen molar-refractivity contribution in [2.75, 3.05) is 58.0 Å². The molecule has 7 nitrogen and oxygen atoms in total. The van der Waals surface area contributed by atoms with Gasteiger partial charge in [0.15, 0.2) is 5.13 Å². The number of rotatable bonds is 10. The van der Waals surface area contributed by atoms with Gasteiger partial charge < -0.3 is 14.2 Å². The third kappa shape index (κ3) is 5.68. The Kier molecular flexibility index (Phi) is 8.37. The molecule has 1 saturated heterocycles. The summed E-state index contributed by atoms with van der Waals surface area (Å²) >= 11 is 1.53. The summed E-state index contributed by atoms with van der Waals surface area (Å²) in [5, 5.41) is 0.679. The Morgan fingerprint density at radius 2 is 2.06 bits per heavy atom. The zero-order valence-electron chi connectivity index (χ0n) is 20.2. The fourth-order valence-corrected chi connectivity index (χ4v) is 5.01. The molecule has 0 bridgehead atoms. The highest BCUT2D eigenvalue weighted by atomic mass is 32.1. The third-order valence-corrected chi connectivity index (χ3v) is 7.19. The summed E-state index contributed by atoms with van der Waals surface area (Å²) < 4.78 is 17.9. The molecule has 0 saturated carbocycles. The van der Waals surface area contributed by atoms with Gasteiger partial charge in [-0.2, -0.15) is 0 Å². The molecule has 182 valence electrons. The van der Waals surface area contributed by atoms with Gasteiger partial charge in [-0.05, 0) is 43.2 Å². The van der Waals surface area contributed by atoms with Crippen LogP contribution in [0.2, 0.25) is 0 Å². The van der Waals surface area contributed by atoms with E-state index in [4.69, 9.17) is 19.2 Å². The van der Waals surface area contributed by atoms with Crippen LogP contribution in [0.3, 0.4) is 0 Å². The first kappa shape index (κ1) is 24.4. The van der Waals surface area contributed by atoms with Crippen molar-refractivity contribution < 1.29 is 19.0 Å². The first-order valence-electron chi connectivity index (χ1n) is 11.9. The first-order chi connectivity index (χ1) is 16.6. The lowest BCUT2D eigenvalue weighted by Gasteiger charge is -2.29. The molecule has 0 unspecified atom stereocenters. The number of aromatic nitrogens is 1. The van der Waals surface area contributed by atoms with Crippen LogP contribution in [-0.2, 0) is 4.74 Å². The van der Waals surface area contributed by atoms with Crippen LogP contribution in [0.1, 0.15) is 35.7 Å². The fraction of sp³-hybridized carbons (Fsp3) is 0.462. The number of carbonyl (C=O) groups is 1. The van der Waals surface area contributed by atoms with Crippen molar-refractivity contribution in [1.29, 1.82) is 0 Å². The lowest BCUT2D eigenvalue weighted by Crippen LogP contribution is -2.43. The number of thiazole rings is 1. The van der Waals surface area contributed by atoms with Gasteiger partial charge in [-0.3, -0.25) is 14.6 Å². The van der Waals surface area contributed by atoms with Gasteiger partial charge in [-0.15, -0.1) is 0 Å². The van der Waals surface area contributed by atoms with Crippen LogP contribution in [0.25, 0.3) is 10.2 Å². The van der Waals surface area contributed by atoms with Gasteiger partial charge in [0.1, 0.15) is 17.0 Å². The van der Waals surface area contributed by atoms with Crippen molar-refractivity contribution in [3.05, 3.63) is 47.5 Å². The highest BCUT2D eigenvalue weighted by molar-refractivity contribution is 7.22. The summed E-state index contributed by atoms with van der Waals surface area (Å²) in [7, 11) is 1.65. The Labute approximate surface area is 205 Å². The monoisotopic (exact) mass is 483 g/mol. The second-order valence-electron chi connectivity index (χ2n) is 8.40. The molecule has 0 aliphatic carbocycles. The molecule has 0 N–H and O–H groups in total. The standard InChI is InChI=1S/C26H33N3O4S/c1-4-5-15-33-21-8-6-7-20(18-21)25(30)29(12-11-28-13-16-32-17-14-28)26-27-23-22(31-3)10-9-19(2)24(23)34-26/h6-10,18H,4-5,11-17H2,1-3H3. The minimum absolute atomic E-state index is 0.0788. The molecule has 2 aromatic carbocycles. The zero-order chi connectivity index (χ0) is 23.9. The number of ether oxygens (including phenoxy) is 3. The van der Waals surface area contributed by atoms with E-state index in [0.717, 1.165) is 67.2 Å². The number of aryl methyl sites for hydroxylation is 1. The van der Waals surface area contributed by atoms with Crippen molar-refractivity contribution >= 4 is 32.6 Å². The normalized spacial score (nSPS) is 14.3. The molecule has 0 atom stereocenters. The number of carbonyl (C=O) groups excluding carboxylic acids is 1. The number of benzene rings is 2.